The molecule has 40 heavy (non-hydrogen) atoms. The summed E-state index contributed by atoms with van der Waals surface area (Å²) in [4.78, 5) is 13.6. The van der Waals surface area contributed by atoms with E-state index in [9.17, 15) is 19.0 Å². The van der Waals surface area contributed by atoms with E-state index in [0.717, 1.165) is 24.2 Å². The smallest absolute Gasteiger partial charge is 0.251 e. The zero-order chi connectivity index (χ0) is 28.5. The molecule has 0 spiro atoms. The molecule has 2 heterocycles. The molecule has 0 radical (unpaired) electrons. The maximum atomic E-state index is 13.6. The molecule has 2 aromatic carbocycles. The normalized spacial score (nSPS) is 17.1. The second kappa shape index (κ2) is 13.9. The Morgan fingerprint density at radius 3 is 2.75 bits per heavy atom. The van der Waals surface area contributed by atoms with E-state index < -0.39 is 22.9 Å². The van der Waals surface area contributed by atoms with Crippen LogP contribution in [0.25, 0.3) is 0 Å². The van der Waals surface area contributed by atoms with Gasteiger partial charge < -0.3 is 25.8 Å². The molecule has 1 aliphatic heterocycles. The number of rotatable bonds is 13. The molecular formula is C28H40N6O5S. The zero-order valence-corrected chi connectivity index (χ0v) is 23.8. The van der Waals surface area contributed by atoms with E-state index in [1.165, 1.54) is 0 Å². The van der Waals surface area contributed by atoms with E-state index in [4.69, 9.17) is 4.74 Å². The summed E-state index contributed by atoms with van der Waals surface area (Å²) in [6.07, 6.45) is 4.10. The van der Waals surface area contributed by atoms with Crippen molar-refractivity contribution in [2.45, 2.75) is 45.0 Å². The lowest BCUT2D eigenvalue weighted by Gasteiger charge is -2.47. The van der Waals surface area contributed by atoms with E-state index in [1.807, 2.05) is 37.3 Å². The number of hydrogen-bond donors (Lipinski definition) is 6. The summed E-state index contributed by atoms with van der Waals surface area (Å²) in [5.74, 6) is 0.688. The molecule has 4 rings (SSSR count). The van der Waals surface area contributed by atoms with Gasteiger partial charge in [-0.15, -0.1) is 10.8 Å². The summed E-state index contributed by atoms with van der Waals surface area (Å²) in [7, 11) is -1.33. The van der Waals surface area contributed by atoms with Gasteiger partial charge in [0.25, 0.3) is 5.91 Å². The summed E-state index contributed by atoms with van der Waals surface area (Å²) >= 11 is 0. The lowest BCUT2D eigenvalue weighted by atomic mass is 10.1. The fourth-order valence-electron chi connectivity index (χ4n) is 4.71. The van der Waals surface area contributed by atoms with Gasteiger partial charge in [-0.1, -0.05) is 12.1 Å². The van der Waals surface area contributed by atoms with Crippen LogP contribution in [0.2, 0.25) is 0 Å². The van der Waals surface area contributed by atoms with Gasteiger partial charge in [0.15, 0.2) is 0 Å². The Bertz CT molecular complexity index is 1240. The van der Waals surface area contributed by atoms with E-state index in [-0.39, 0.29) is 19.0 Å². The maximum absolute atomic E-state index is 13.6. The number of carbonyl (C=O) groups is 1. The fourth-order valence-corrected chi connectivity index (χ4v) is 6.39. The summed E-state index contributed by atoms with van der Waals surface area (Å²) < 4.78 is 29.9. The Balaban J connectivity index is 1.50. The number of aliphatic hydroxyl groups is 1. The van der Waals surface area contributed by atoms with E-state index in [0.29, 0.717) is 42.3 Å². The first-order chi connectivity index (χ1) is 19.3. The van der Waals surface area contributed by atoms with Gasteiger partial charge >= 0.3 is 0 Å². The van der Waals surface area contributed by atoms with Crippen molar-refractivity contribution in [3.8, 4) is 5.75 Å². The Hall–Kier alpha value is -3.29. The van der Waals surface area contributed by atoms with Gasteiger partial charge in [-0.25, -0.2) is 0 Å². The molecule has 0 saturated carbocycles. The van der Waals surface area contributed by atoms with Gasteiger partial charge in [0, 0.05) is 49.8 Å². The largest absolute Gasteiger partial charge is 0.497 e. The van der Waals surface area contributed by atoms with Crippen LogP contribution in [0.3, 0.4) is 0 Å². The molecule has 0 unspecified atom stereocenters. The van der Waals surface area contributed by atoms with Gasteiger partial charge in [-0.05, 0) is 61.7 Å². The average Bonchev–Trinajstić information content (AvgIpc) is 3.45. The molecule has 6 N–H and O–H groups in total. The molecular weight excluding hydrogens is 532 g/mol. The van der Waals surface area contributed by atoms with E-state index in [2.05, 4.69) is 21.0 Å². The molecule has 3 aromatic rings. The number of anilines is 2. The van der Waals surface area contributed by atoms with Crippen LogP contribution in [0.15, 0.2) is 60.9 Å². The lowest BCUT2D eigenvalue weighted by Crippen LogP contribution is -2.49. The van der Waals surface area contributed by atoms with Gasteiger partial charge in [0.1, 0.15) is 5.75 Å². The summed E-state index contributed by atoms with van der Waals surface area (Å²) in [6, 6.07) is 14.1. The van der Waals surface area contributed by atoms with Crippen molar-refractivity contribution in [2.75, 3.05) is 42.1 Å². The first-order valence-corrected chi connectivity index (χ1v) is 15.2. The van der Waals surface area contributed by atoms with Crippen LogP contribution < -0.4 is 25.0 Å². The molecule has 1 amide bonds. The number of methoxy groups -OCH3 is 1. The molecule has 12 heteroatoms. The Labute approximate surface area is 237 Å². The highest BCUT2D eigenvalue weighted by atomic mass is 32.3. The van der Waals surface area contributed by atoms with Crippen LogP contribution in [-0.2, 0) is 13.1 Å². The third-order valence-electron chi connectivity index (χ3n) is 6.77. The number of amides is 1. The quantitative estimate of drug-likeness (QED) is 0.181. The third kappa shape index (κ3) is 7.89. The summed E-state index contributed by atoms with van der Waals surface area (Å²) in [6.45, 7) is 4.12. The minimum Gasteiger partial charge on any atom is -0.497 e. The molecule has 1 aromatic heterocycles. The third-order valence-corrected chi connectivity index (χ3v) is 8.71. The topological polar surface area (TPSA) is 144 Å². The van der Waals surface area contributed by atoms with Gasteiger partial charge in [-0.3, -0.25) is 22.9 Å². The molecule has 2 atom stereocenters. The summed E-state index contributed by atoms with van der Waals surface area (Å²) in [5.41, 5.74) is 2.65. The van der Waals surface area contributed by atoms with Crippen LogP contribution >= 0.6 is 10.8 Å². The molecule has 1 saturated heterocycles. The fraction of sp³-hybridized carbons (Fsp3) is 0.429. The minimum atomic E-state index is -2.95. The molecule has 1 fully saturated rings. The number of aliphatic hydroxyl groups excluding tert-OH is 1. The van der Waals surface area contributed by atoms with Crippen LogP contribution in [0.1, 0.15) is 35.7 Å². The number of nitrogens with zero attached hydrogens (tertiary/aromatic N) is 3. The monoisotopic (exact) mass is 572 g/mol. The lowest BCUT2D eigenvalue weighted by molar-refractivity contribution is 0.0800. The SMILES string of the molecule is CCNc1cc(C(=O)N[C@@H](Cn2cccn2)[C@@H](O)CNCc2cccc(OC)c2)cc(N2CCCCS2(O)O)c1. The number of aromatic nitrogens is 2. The Kier molecular flexibility index (Phi) is 10.3. The second-order valence-corrected chi connectivity index (χ2v) is 11.9. The van der Waals surface area contributed by atoms with Gasteiger partial charge in [-0.2, -0.15) is 5.10 Å². The van der Waals surface area contributed by atoms with Crippen LogP contribution in [-0.4, -0.2) is 74.5 Å². The van der Waals surface area contributed by atoms with E-state index in [1.54, 1.807) is 46.7 Å². The van der Waals surface area contributed by atoms with Crippen molar-refractivity contribution >= 4 is 28.1 Å². The highest BCUT2D eigenvalue weighted by molar-refractivity contribution is 8.25. The molecule has 0 bridgehead atoms. The summed E-state index contributed by atoms with van der Waals surface area (Å²) in [5, 5.41) is 24.8. The van der Waals surface area contributed by atoms with Crippen molar-refractivity contribution in [1.29, 1.82) is 0 Å². The van der Waals surface area contributed by atoms with Crippen molar-refractivity contribution in [3.05, 3.63) is 72.1 Å². The van der Waals surface area contributed by atoms with Gasteiger partial charge in [0.2, 0.25) is 0 Å². The first kappa shape index (κ1) is 29.7. The van der Waals surface area contributed by atoms with Crippen molar-refractivity contribution in [1.82, 2.24) is 20.4 Å². The van der Waals surface area contributed by atoms with Crippen molar-refractivity contribution < 1.29 is 23.7 Å². The van der Waals surface area contributed by atoms with Crippen molar-refractivity contribution in [2.24, 2.45) is 0 Å². The second-order valence-electron chi connectivity index (χ2n) is 9.80. The predicted octanol–water partition coefficient (Wildman–Crippen LogP) is 3.54. The standard InChI is InChI=1S/C28H40N6O5S/c1-3-30-23-15-22(16-24(17-23)34-12-4-5-13-40(34,37)38)28(36)32-26(20-33-11-7-10-31-33)27(35)19-29-18-21-8-6-9-25(14-21)39-2/h6-11,14-17,26-27,29-30,35,37-38H,3-5,12-13,18-20H2,1-2H3,(H,32,36)/t26-,27-/m0/s1. The highest BCUT2D eigenvalue weighted by Crippen LogP contribution is 2.50. The number of benzene rings is 2. The Morgan fingerprint density at radius 1 is 1.18 bits per heavy atom. The molecule has 218 valence electrons. The molecule has 11 nitrogen and oxygen atoms in total. The Morgan fingerprint density at radius 2 is 2.02 bits per heavy atom. The maximum Gasteiger partial charge on any atom is 0.251 e. The number of ether oxygens (including phenoxy) is 1. The number of carbonyl (C=O) groups excluding carboxylic acids is 1. The zero-order valence-electron chi connectivity index (χ0n) is 23.0. The van der Waals surface area contributed by atoms with Crippen LogP contribution in [0.4, 0.5) is 11.4 Å². The highest BCUT2D eigenvalue weighted by Gasteiger charge is 2.28. The molecule has 1 aliphatic rings. The van der Waals surface area contributed by atoms with Crippen LogP contribution in [0, 0.1) is 0 Å². The van der Waals surface area contributed by atoms with E-state index >= 15 is 0 Å². The predicted molar refractivity (Wildman–Crippen MR) is 159 cm³/mol. The first-order valence-electron chi connectivity index (χ1n) is 13.5. The number of hydrogen-bond acceptors (Lipinski definition) is 9. The molecule has 0 aliphatic carbocycles. The van der Waals surface area contributed by atoms with Gasteiger partial charge in [0.05, 0.1) is 37.2 Å². The van der Waals surface area contributed by atoms with Crippen molar-refractivity contribution in [3.63, 3.8) is 0 Å². The van der Waals surface area contributed by atoms with Crippen LogP contribution in [0.5, 0.6) is 5.75 Å². The minimum absolute atomic E-state index is 0.237. The average molecular weight is 573 g/mol. The number of nitrogens with one attached hydrogen (secondary N) is 3.